The summed E-state index contributed by atoms with van der Waals surface area (Å²) in [5, 5.41) is 13.2. The highest BCUT2D eigenvalue weighted by Gasteiger charge is 2.12. The standard InChI is InChI=1S/C21H24N6O/c1-14(2)27-20-16(13-24-27)5-4-15-12-23-21(26-19(15)20)25-18-8-6-17(7-9-18)22-10-11-28-3/h4-9,12-14,22H,10-11H2,1-3H3,(H,23,25,26). The zero-order chi connectivity index (χ0) is 19.5. The Bertz CT molecular complexity index is 1090. The van der Waals surface area contributed by atoms with Crippen molar-refractivity contribution in [3.8, 4) is 0 Å². The smallest absolute Gasteiger partial charge is 0.227 e. The van der Waals surface area contributed by atoms with E-state index in [9.17, 15) is 0 Å². The van der Waals surface area contributed by atoms with Gasteiger partial charge in [-0.05, 0) is 38.1 Å². The molecule has 2 aromatic heterocycles. The highest BCUT2D eigenvalue weighted by Crippen LogP contribution is 2.27. The molecular formula is C21H24N6O. The number of hydrogen-bond acceptors (Lipinski definition) is 6. The van der Waals surface area contributed by atoms with E-state index in [0.29, 0.717) is 12.6 Å². The molecule has 2 aromatic carbocycles. The normalized spacial score (nSPS) is 11.4. The molecule has 4 aromatic rings. The van der Waals surface area contributed by atoms with Crippen molar-refractivity contribution in [2.75, 3.05) is 30.9 Å². The van der Waals surface area contributed by atoms with E-state index in [-0.39, 0.29) is 6.04 Å². The minimum atomic E-state index is 0.257. The minimum absolute atomic E-state index is 0.257. The Balaban J connectivity index is 1.62. The Morgan fingerprint density at radius 3 is 2.50 bits per heavy atom. The second-order valence-electron chi connectivity index (χ2n) is 6.94. The van der Waals surface area contributed by atoms with Gasteiger partial charge in [0.2, 0.25) is 5.95 Å². The molecule has 0 radical (unpaired) electrons. The van der Waals surface area contributed by atoms with E-state index in [0.717, 1.165) is 39.7 Å². The molecule has 0 amide bonds. The number of aromatic nitrogens is 4. The van der Waals surface area contributed by atoms with E-state index in [1.807, 2.05) is 47.4 Å². The van der Waals surface area contributed by atoms with Crippen molar-refractivity contribution in [1.29, 1.82) is 0 Å². The Morgan fingerprint density at radius 2 is 1.75 bits per heavy atom. The number of ether oxygens (including phenoxy) is 1. The van der Waals surface area contributed by atoms with Crippen molar-refractivity contribution < 1.29 is 4.74 Å². The van der Waals surface area contributed by atoms with Gasteiger partial charge in [-0.1, -0.05) is 12.1 Å². The Kier molecular flexibility index (Phi) is 5.08. The van der Waals surface area contributed by atoms with Crippen LogP contribution in [0.15, 0.2) is 48.8 Å². The molecule has 0 saturated carbocycles. The number of benzene rings is 2. The fourth-order valence-corrected chi connectivity index (χ4v) is 3.17. The molecule has 0 aliphatic heterocycles. The average Bonchev–Trinajstić information content (AvgIpc) is 3.14. The molecule has 0 spiro atoms. The predicted octanol–water partition coefficient (Wildman–Crippen LogP) is 4.36. The van der Waals surface area contributed by atoms with Gasteiger partial charge in [0.05, 0.1) is 18.3 Å². The molecule has 0 bridgehead atoms. The third-order valence-corrected chi connectivity index (χ3v) is 4.57. The lowest BCUT2D eigenvalue weighted by Crippen LogP contribution is -2.07. The van der Waals surface area contributed by atoms with E-state index in [1.54, 1.807) is 7.11 Å². The first kappa shape index (κ1) is 18.2. The van der Waals surface area contributed by atoms with Gasteiger partial charge < -0.3 is 15.4 Å². The van der Waals surface area contributed by atoms with Crippen LogP contribution in [0.5, 0.6) is 0 Å². The summed E-state index contributed by atoms with van der Waals surface area (Å²) < 4.78 is 7.06. The van der Waals surface area contributed by atoms with Gasteiger partial charge in [0.15, 0.2) is 0 Å². The molecule has 7 heteroatoms. The van der Waals surface area contributed by atoms with E-state index >= 15 is 0 Å². The number of hydrogen-bond donors (Lipinski definition) is 2. The van der Waals surface area contributed by atoms with Gasteiger partial charge in [-0.2, -0.15) is 5.10 Å². The maximum Gasteiger partial charge on any atom is 0.227 e. The predicted molar refractivity (Wildman–Crippen MR) is 113 cm³/mol. The van der Waals surface area contributed by atoms with Crippen LogP contribution in [0, 0.1) is 0 Å². The van der Waals surface area contributed by atoms with Crippen LogP contribution in [0.3, 0.4) is 0 Å². The molecule has 0 unspecified atom stereocenters. The van der Waals surface area contributed by atoms with Crippen molar-refractivity contribution in [3.05, 3.63) is 48.8 Å². The molecule has 0 atom stereocenters. The van der Waals surface area contributed by atoms with Crippen LogP contribution in [-0.2, 0) is 4.74 Å². The van der Waals surface area contributed by atoms with Gasteiger partial charge in [-0.25, -0.2) is 9.97 Å². The molecule has 0 saturated heterocycles. The summed E-state index contributed by atoms with van der Waals surface area (Å²) >= 11 is 0. The summed E-state index contributed by atoms with van der Waals surface area (Å²) in [5.74, 6) is 0.566. The summed E-state index contributed by atoms with van der Waals surface area (Å²) in [6.07, 6.45) is 3.74. The summed E-state index contributed by atoms with van der Waals surface area (Å²) in [6.45, 7) is 5.69. The third-order valence-electron chi connectivity index (χ3n) is 4.57. The van der Waals surface area contributed by atoms with E-state index in [4.69, 9.17) is 9.72 Å². The van der Waals surface area contributed by atoms with E-state index in [1.165, 1.54) is 0 Å². The van der Waals surface area contributed by atoms with Crippen molar-refractivity contribution in [3.63, 3.8) is 0 Å². The van der Waals surface area contributed by atoms with Crippen molar-refractivity contribution in [2.45, 2.75) is 19.9 Å². The highest BCUT2D eigenvalue weighted by molar-refractivity contribution is 6.03. The second kappa shape index (κ2) is 7.82. The number of nitrogens with zero attached hydrogens (tertiary/aromatic N) is 4. The summed E-state index contributed by atoms with van der Waals surface area (Å²) in [6, 6.07) is 12.4. The SMILES string of the molecule is COCCNc1ccc(Nc2ncc3ccc4cnn(C(C)C)c4c3n2)cc1. The second-order valence-corrected chi connectivity index (χ2v) is 6.94. The van der Waals surface area contributed by atoms with Gasteiger partial charge in [-0.15, -0.1) is 0 Å². The monoisotopic (exact) mass is 376 g/mol. The van der Waals surface area contributed by atoms with Crippen molar-refractivity contribution in [2.24, 2.45) is 0 Å². The lowest BCUT2D eigenvalue weighted by Gasteiger charge is -2.11. The summed E-state index contributed by atoms with van der Waals surface area (Å²) in [5.41, 5.74) is 3.92. The third kappa shape index (κ3) is 3.61. The van der Waals surface area contributed by atoms with Gasteiger partial charge >= 0.3 is 0 Å². The zero-order valence-electron chi connectivity index (χ0n) is 16.3. The van der Waals surface area contributed by atoms with Crippen LogP contribution in [0.25, 0.3) is 21.8 Å². The van der Waals surface area contributed by atoms with Gasteiger partial charge in [0.1, 0.15) is 5.52 Å². The molecule has 2 N–H and O–H groups in total. The molecule has 2 heterocycles. The first-order chi connectivity index (χ1) is 13.7. The number of rotatable bonds is 7. The number of fused-ring (bicyclic) bond motifs is 3. The number of anilines is 3. The minimum Gasteiger partial charge on any atom is -0.383 e. The van der Waals surface area contributed by atoms with Crippen LogP contribution in [-0.4, -0.2) is 40.0 Å². The van der Waals surface area contributed by atoms with Crippen LogP contribution < -0.4 is 10.6 Å². The van der Waals surface area contributed by atoms with Crippen molar-refractivity contribution in [1.82, 2.24) is 19.7 Å². The van der Waals surface area contributed by atoms with Gasteiger partial charge in [-0.3, -0.25) is 4.68 Å². The maximum atomic E-state index is 5.05. The molecule has 144 valence electrons. The lowest BCUT2D eigenvalue weighted by molar-refractivity contribution is 0.211. The van der Waals surface area contributed by atoms with Crippen molar-refractivity contribution >= 4 is 39.1 Å². The van der Waals surface area contributed by atoms with E-state index in [2.05, 4.69) is 40.6 Å². The van der Waals surface area contributed by atoms with Crippen LogP contribution >= 0.6 is 0 Å². The zero-order valence-corrected chi connectivity index (χ0v) is 16.3. The quantitative estimate of drug-likeness (QED) is 0.467. The maximum absolute atomic E-state index is 5.05. The first-order valence-electron chi connectivity index (χ1n) is 9.38. The topological polar surface area (TPSA) is 76.9 Å². The van der Waals surface area contributed by atoms with Gasteiger partial charge in [0, 0.05) is 48.0 Å². The Labute approximate surface area is 163 Å². The molecule has 7 nitrogen and oxygen atoms in total. The fourth-order valence-electron chi connectivity index (χ4n) is 3.17. The van der Waals surface area contributed by atoms with Gasteiger partial charge in [0.25, 0.3) is 0 Å². The highest BCUT2D eigenvalue weighted by atomic mass is 16.5. The molecule has 0 aliphatic carbocycles. The lowest BCUT2D eigenvalue weighted by atomic mass is 10.2. The molecule has 28 heavy (non-hydrogen) atoms. The summed E-state index contributed by atoms with van der Waals surface area (Å²) in [4.78, 5) is 9.25. The molecular weight excluding hydrogens is 352 g/mol. The Morgan fingerprint density at radius 1 is 1.00 bits per heavy atom. The van der Waals surface area contributed by atoms with Crippen LogP contribution in [0.1, 0.15) is 19.9 Å². The van der Waals surface area contributed by atoms with E-state index < -0.39 is 0 Å². The van der Waals surface area contributed by atoms with Crippen LogP contribution in [0.4, 0.5) is 17.3 Å². The largest absolute Gasteiger partial charge is 0.383 e. The number of methoxy groups -OCH3 is 1. The fraction of sp³-hybridized carbons (Fsp3) is 0.286. The molecule has 0 fully saturated rings. The average molecular weight is 376 g/mol. The molecule has 4 rings (SSSR count). The Hall–Kier alpha value is -3.19. The van der Waals surface area contributed by atoms with Crippen LogP contribution in [0.2, 0.25) is 0 Å². The molecule has 0 aliphatic rings. The number of nitrogens with one attached hydrogen (secondary N) is 2. The summed E-state index contributed by atoms with van der Waals surface area (Å²) in [7, 11) is 1.69. The first-order valence-corrected chi connectivity index (χ1v) is 9.38.